The minimum Gasteiger partial charge on any atom is -0.505 e. The molecular weight excluding hydrogens is 207 g/mol. The first-order valence-electron chi connectivity index (χ1n) is 3.33. The number of phenolic OH excluding ortho intramolecular Hbond substituents is 1. The van der Waals surface area contributed by atoms with Gasteiger partial charge >= 0.3 is 6.08 Å². The highest BCUT2D eigenvalue weighted by Gasteiger charge is 2.19. The molecule has 1 rings (SSSR count). The molecule has 0 spiro atoms. The molecule has 0 saturated carbocycles. The summed E-state index contributed by atoms with van der Waals surface area (Å²) < 4.78 is 61.1. The molecule has 1 N–H and O–H groups in total. The lowest BCUT2D eigenvalue weighted by molar-refractivity contribution is 0.398. The van der Waals surface area contributed by atoms with Crippen LogP contribution in [-0.2, 0) is 0 Å². The molecular formula is C8H3F5O. The SMILES string of the molecule is Oc1ccc(C(F)=C(F)F)c(F)c1F. The van der Waals surface area contributed by atoms with Crippen molar-refractivity contribution < 1.29 is 27.1 Å². The second-order valence-corrected chi connectivity index (χ2v) is 2.33. The molecule has 0 aliphatic carbocycles. The van der Waals surface area contributed by atoms with E-state index >= 15 is 0 Å². The van der Waals surface area contributed by atoms with Gasteiger partial charge in [-0.1, -0.05) is 0 Å². The molecule has 0 atom stereocenters. The molecule has 0 radical (unpaired) electrons. The van der Waals surface area contributed by atoms with Crippen LogP contribution >= 0.6 is 0 Å². The van der Waals surface area contributed by atoms with E-state index in [1.54, 1.807) is 0 Å². The highest BCUT2D eigenvalue weighted by molar-refractivity contribution is 5.61. The van der Waals surface area contributed by atoms with Crippen LogP contribution in [0.4, 0.5) is 22.0 Å². The number of hydrogen-bond acceptors (Lipinski definition) is 1. The summed E-state index contributed by atoms with van der Waals surface area (Å²) in [6.45, 7) is 0. The fourth-order valence-corrected chi connectivity index (χ4v) is 0.811. The van der Waals surface area contributed by atoms with Gasteiger partial charge in [0.25, 0.3) is 0 Å². The molecule has 6 heteroatoms. The van der Waals surface area contributed by atoms with Gasteiger partial charge in [-0.15, -0.1) is 0 Å². The molecule has 0 aliphatic heterocycles. The number of phenols is 1. The lowest BCUT2D eigenvalue weighted by atomic mass is 10.2. The Bertz CT molecular complexity index is 395. The average Bonchev–Trinajstić information content (AvgIpc) is 2.13. The predicted octanol–water partition coefficient (Wildman–Crippen LogP) is 3.21. The summed E-state index contributed by atoms with van der Waals surface area (Å²) in [6, 6.07) is 1.10. The molecule has 0 saturated heterocycles. The van der Waals surface area contributed by atoms with Crippen LogP contribution in [0.1, 0.15) is 5.56 Å². The van der Waals surface area contributed by atoms with E-state index in [9.17, 15) is 22.0 Å². The zero-order valence-electron chi connectivity index (χ0n) is 6.49. The van der Waals surface area contributed by atoms with Gasteiger partial charge in [-0.05, 0) is 12.1 Å². The van der Waals surface area contributed by atoms with Gasteiger partial charge in [0, 0.05) is 0 Å². The third-order valence-corrected chi connectivity index (χ3v) is 1.46. The van der Waals surface area contributed by atoms with Crippen LogP contribution in [0, 0.1) is 11.6 Å². The van der Waals surface area contributed by atoms with E-state index in [0.717, 1.165) is 0 Å². The fraction of sp³-hybridized carbons (Fsp3) is 0. The van der Waals surface area contributed by atoms with Crippen molar-refractivity contribution in [3.05, 3.63) is 35.4 Å². The van der Waals surface area contributed by atoms with Gasteiger partial charge in [0.05, 0.1) is 5.56 Å². The minimum atomic E-state index is -2.76. The van der Waals surface area contributed by atoms with Crippen LogP contribution in [0.15, 0.2) is 18.2 Å². The van der Waals surface area contributed by atoms with E-state index < -0.39 is 34.9 Å². The Morgan fingerprint density at radius 3 is 2.07 bits per heavy atom. The predicted molar refractivity (Wildman–Crippen MR) is 38.3 cm³/mol. The largest absolute Gasteiger partial charge is 0.505 e. The monoisotopic (exact) mass is 210 g/mol. The van der Waals surface area contributed by atoms with Crippen LogP contribution in [0.3, 0.4) is 0 Å². The van der Waals surface area contributed by atoms with Gasteiger partial charge in [-0.2, -0.15) is 13.2 Å². The number of aromatic hydroxyl groups is 1. The van der Waals surface area contributed by atoms with Gasteiger partial charge in [-0.25, -0.2) is 8.78 Å². The molecule has 1 nitrogen and oxygen atoms in total. The maximum absolute atomic E-state index is 12.7. The molecule has 0 bridgehead atoms. The zero-order valence-corrected chi connectivity index (χ0v) is 6.49. The van der Waals surface area contributed by atoms with Gasteiger partial charge in [-0.3, -0.25) is 0 Å². The normalized spacial score (nSPS) is 10.1. The molecule has 0 amide bonds. The van der Waals surface area contributed by atoms with E-state index in [1.807, 2.05) is 0 Å². The first-order valence-corrected chi connectivity index (χ1v) is 3.33. The van der Waals surface area contributed by atoms with E-state index in [0.29, 0.717) is 12.1 Å². The van der Waals surface area contributed by atoms with Gasteiger partial charge in [0.2, 0.25) is 5.82 Å². The molecule has 0 unspecified atom stereocenters. The second kappa shape index (κ2) is 3.65. The Morgan fingerprint density at radius 2 is 1.57 bits per heavy atom. The lowest BCUT2D eigenvalue weighted by Gasteiger charge is -2.01. The summed E-state index contributed by atoms with van der Waals surface area (Å²) in [4.78, 5) is 0. The van der Waals surface area contributed by atoms with Crippen LogP contribution in [-0.4, -0.2) is 5.11 Å². The summed E-state index contributed by atoms with van der Waals surface area (Å²) in [5, 5.41) is 8.60. The van der Waals surface area contributed by atoms with E-state index in [1.165, 1.54) is 0 Å². The van der Waals surface area contributed by atoms with Crippen molar-refractivity contribution in [2.45, 2.75) is 0 Å². The Hall–Kier alpha value is -1.59. The van der Waals surface area contributed by atoms with Gasteiger partial charge in [0.15, 0.2) is 17.4 Å². The second-order valence-electron chi connectivity index (χ2n) is 2.33. The van der Waals surface area contributed by atoms with Crippen molar-refractivity contribution in [2.24, 2.45) is 0 Å². The van der Waals surface area contributed by atoms with Crippen LogP contribution in [0.2, 0.25) is 0 Å². The number of hydrogen-bond donors (Lipinski definition) is 1. The van der Waals surface area contributed by atoms with Gasteiger partial charge in [0.1, 0.15) is 0 Å². The standard InChI is InChI=1S/C8H3F5O/c9-5-3(6(10)8(12)13)1-2-4(14)7(5)11/h1-2,14H. The first kappa shape index (κ1) is 10.5. The molecule has 14 heavy (non-hydrogen) atoms. The highest BCUT2D eigenvalue weighted by atomic mass is 19.3. The molecule has 76 valence electrons. The van der Waals surface area contributed by atoms with E-state index in [4.69, 9.17) is 5.11 Å². The van der Waals surface area contributed by atoms with Crippen molar-refractivity contribution in [1.29, 1.82) is 0 Å². The van der Waals surface area contributed by atoms with Crippen molar-refractivity contribution in [1.82, 2.24) is 0 Å². The summed E-state index contributed by atoms with van der Waals surface area (Å²) in [6.07, 6.45) is -2.76. The number of benzene rings is 1. The average molecular weight is 210 g/mol. The first-order chi connectivity index (χ1) is 6.45. The molecule has 1 aromatic carbocycles. The third kappa shape index (κ3) is 1.68. The molecule has 0 heterocycles. The Kier molecular flexibility index (Phi) is 2.73. The topological polar surface area (TPSA) is 20.2 Å². The van der Waals surface area contributed by atoms with Crippen LogP contribution < -0.4 is 0 Å². The van der Waals surface area contributed by atoms with E-state index in [2.05, 4.69) is 0 Å². The molecule has 0 aromatic heterocycles. The van der Waals surface area contributed by atoms with Crippen molar-refractivity contribution in [3.63, 3.8) is 0 Å². The fourth-order valence-electron chi connectivity index (χ4n) is 0.811. The molecule has 1 aromatic rings. The Morgan fingerprint density at radius 1 is 1.00 bits per heavy atom. The number of rotatable bonds is 1. The molecule has 0 fully saturated rings. The Balaban J connectivity index is 3.39. The molecule has 0 aliphatic rings. The van der Waals surface area contributed by atoms with Crippen LogP contribution in [0.25, 0.3) is 5.83 Å². The number of halogens is 5. The summed E-state index contributed by atoms with van der Waals surface area (Å²) in [5.74, 6) is -6.84. The summed E-state index contributed by atoms with van der Waals surface area (Å²) in [7, 11) is 0. The highest BCUT2D eigenvalue weighted by Crippen LogP contribution is 2.29. The third-order valence-electron chi connectivity index (χ3n) is 1.46. The quantitative estimate of drug-likeness (QED) is 0.705. The van der Waals surface area contributed by atoms with Crippen molar-refractivity contribution in [2.75, 3.05) is 0 Å². The maximum atomic E-state index is 12.7. The lowest BCUT2D eigenvalue weighted by Crippen LogP contribution is -1.92. The van der Waals surface area contributed by atoms with E-state index in [-0.39, 0.29) is 0 Å². The maximum Gasteiger partial charge on any atom is 0.306 e. The van der Waals surface area contributed by atoms with Crippen molar-refractivity contribution in [3.8, 4) is 5.75 Å². The summed E-state index contributed by atoms with van der Waals surface area (Å²) in [5.41, 5.74) is -1.22. The Labute approximate surface area is 75.1 Å². The van der Waals surface area contributed by atoms with Crippen LogP contribution in [0.5, 0.6) is 5.75 Å². The smallest absolute Gasteiger partial charge is 0.306 e. The summed E-state index contributed by atoms with van der Waals surface area (Å²) >= 11 is 0. The minimum absolute atomic E-state index is 0.516. The van der Waals surface area contributed by atoms with Gasteiger partial charge < -0.3 is 5.11 Å². The van der Waals surface area contributed by atoms with Crippen molar-refractivity contribution >= 4 is 5.83 Å². The zero-order chi connectivity index (χ0) is 10.9.